The number of nitrogens with zero attached hydrogens (tertiary/aromatic N) is 3. The van der Waals surface area contributed by atoms with Crippen LogP contribution in [0.2, 0.25) is 0 Å². The molecule has 1 aromatic heterocycles. The van der Waals surface area contributed by atoms with Crippen LogP contribution in [0, 0.1) is 0 Å². The average molecular weight is 387 g/mol. The quantitative estimate of drug-likeness (QED) is 0.166. The molecule has 26 heavy (non-hydrogen) atoms. The summed E-state index contributed by atoms with van der Waals surface area (Å²) in [6.45, 7) is -1.44. The first-order valence-electron chi connectivity index (χ1n) is 6.76. The lowest BCUT2D eigenvalue weighted by Gasteiger charge is -2.43. The lowest BCUT2D eigenvalue weighted by Crippen LogP contribution is -2.78. The number of thiazole rings is 1. The van der Waals surface area contributed by atoms with Gasteiger partial charge in [0.25, 0.3) is 11.8 Å². The van der Waals surface area contributed by atoms with E-state index in [9.17, 15) is 24.3 Å². The number of carbonyl (C=O) groups excluding carboxylic acids is 2. The molecule has 1 aliphatic rings. The summed E-state index contributed by atoms with van der Waals surface area (Å²) in [4.78, 5) is 59.5. The minimum atomic E-state index is -2.33. The van der Waals surface area contributed by atoms with Crippen molar-refractivity contribution in [1.29, 1.82) is 0 Å². The second-order valence-electron chi connectivity index (χ2n) is 4.87. The number of aliphatic carboxylic acids is 2. The molecule has 140 valence electrons. The molecule has 13 nitrogen and oxygen atoms in total. The van der Waals surface area contributed by atoms with E-state index in [2.05, 4.69) is 19.8 Å². The maximum atomic E-state index is 12.4. The highest BCUT2D eigenvalue weighted by molar-refractivity contribution is 7.13. The van der Waals surface area contributed by atoms with Crippen LogP contribution in [0.3, 0.4) is 0 Å². The molecule has 0 aromatic carbocycles. The molecule has 0 bridgehead atoms. The Kier molecular flexibility index (Phi) is 5.37. The zero-order chi connectivity index (χ0) is 19.5. The van der Waals surface area contributed by atoms with Crippen molar-refractivity contribution < 1.29 is 39.1 Å². The molecule has 14 heteroatoms. The highest BCUT2D eigenvalue weighted by Crippen LogP contribution is 2.24. The van der Waals surface area contributed by atoms with Crippen LogP contribution < -0.4 is 11.1 Å². The standard InChI is InChI=1S/C12H13N5O8S/c1-24-16-7(5-3-26-11(13)14-5)8(20)15-12(10(22)23)4-17(9(12)21)25-2-6(18)19/h3H,2,4H2,1H3,(H2,13,14)(H,15,20)(H,18,19)(H,22,23)/b16-7-/t12-/m0/s1. The number of carbonyl (C=O) groups is 4. The number of anilines is 1. The molecule has 2 heterocycles. The van der Waals surface area contributed by atoms with Crippen LogP contribution >= 0.6 is 11.3 Å². The lowest BCUT2D eigenvalue weighted by molar-refractivity contribution is -0.231. The number of amides is 2. The van der Waals surface area contributed by atoms with Gasteiger partial charge in [-0.2, -0.15) is 0 Å². The highest BCUT2D eigenvalue weighted by atomic mass is 32.1. The number of nitrogen functional groups attached to an aromatic ring is 1. The van der Waals surface area contributed by atoms with Gasteiger partial charge >= 0.3 is 11.9 Å². The van der Waals surface area contributed by atoms with Gasteiger partial charge in [-0.15, -0.1) is 11.3 Å². The largest absolute Gasteiger partial charge is 0.479 e. The fraction of sp³-hybridized carbons (Fsp3) is 0.333. The number of rotatable bonds is 8. The van der Waals surface area contributed by atoms with Crippen molar-refractivity contribution in [2.45, 2.75) is 5.54 Å². The number of β-lactam (4-membered cyclic amide) rings is 1. The zero-order valence-electron chi connectivity index (χ0n) is 13.2. The Balaban J connectivity index is 2.18. The van der Waals surface area contributed by atoms with Crippen molar-refractivity contribution in [3.63, 3.8) is 0 Å². The Bertz CT molecular complexity index is 792. The number of aromatic nitrogens is 1. The van der Waals surface area contributed by atoms with E-state index in [0.29, 0.717) is 5.06 Å². The summed E-state index contributed by atoms with van der Waals surface area (Å²) in [7, 11) is 1.16. The number of hydroxylamine groups is 2. The Morgan fingerprint density at radius 3 is 2.65 bits per heavy atom. The summed E-state index contributed by atoms with van der Waals surface area (Å²) in [6.07, 6.45) is 0. The summed E-state index contributed by atoms with van der Waals surface area (Å²) in [6, 6.07) is 0. The van der Waals surface area contributed by atoms with Gasteiger partial charge in [0.2, 0.25) is 5.54 Å². The van der Waals surface area contributed by atoms with Crippen LogP contribution in [0.1, 0.15) is 5.69 Å². The molecule has 1 aliphatic heterocycles. The molecule has 0 unspecified atom stereocenters. The van der Waals surface area contributed by atoms with E-state index < -0.39 is 48.2 Å². The van der Waals surface area contributed by atoms with Crippen molar-refractivity contribution in [2.24, 2.45) is 5.16 Å². The van der Waals surface area contributed by atoms with E-state index >= 15 is 0 Å². The van der Waals surface area contributed by atoms with Gasteiger partial charge < -0.3 is 26.1 Å². The highest BCUT2D eigenvalue weighted by Gasteiger charge is 2.61. The van der Waals surface area contributed by atoms with Crippen molar-refractivity contribution in [1.82, 2.24) is 15.4 Å². The molecule has 0 saturated carbocycles. The Morgan fingerprint density at radius 1 is 1.50 bits per heavy atom. The van der Waals surface area contributed by atoms with E-state index in [1.54, 1.807) is 0 Å². The van der Waals surface area contributed by atoms with E-state index in [0.717, 1.165) is 18.4 Å². The van der Waals surface area contributed by atoms with E-state index in [4.69, 9.17) is 10.8 Å². The maximum Gasteiger partial charge on any atom is 0.341 e. The van der Waals surface area contributed by atoms with Gasteiger partial charge in [-0.05, 0) is 0 Å². The van der Waals surface area contributed by atoms with Crippen LogP contribution in [0.15, 0.2) is 10.5 Å². The van der Waals surface area contributed by atoms with Gasteiger partial charge in [-0.1, -0.05) is 5.16 Å². The smallest absolute Gasteiger partial charge is 0.341 e. The zero-order valence-corrected chi connectivity index (χ0v) is 14.0. The predicted octanol–water partition coefficient (Wildman–Crippen LogP) is -2.13. The van der Waals surface area contributed by atoms with Gasteiger partial charge in [0.15, 0.2) is 17.5 Å². The molecule has 1 saturated heterocycles. The Morgan fingerprint density at radius 2 is 2.19 bits per heavy atom. The molecule has 1 fully saturated rings. The molecule has 5 N–H and O–H groups in total. The third kappa shape index (κ3) is 3.55. The second-order valence-corrected chi connectivity index (χ2v) is 5.76. The number of nitrogens with two attached hydrogens (primary N) is 1. The molecule has 0 radical (unpaired) electrons. The van der Waals surface area contributed by atoms with Crippen molar-refractivity contribution in [2.75, 3.05) is 26.0 Å². The minimum absolute atomic E-state index is 0.0261. The molecule has 1 atom stereocenters. The van der Waals surface area contributed by atoms with Crippen molar-refractivity contribution in [3.05, 3.63) is 11.1 Å². The third-order valence-electron chi connectivity index (χ3n) is 3.17. The van der Waals surface area contributed by atoms with Crippen LogP contribution in [-0.4, -0.2) is 75.5 Å². The second kappa shape index (κ2) is 7.32. The van der Waals surface area contributed by atoms with E-state index in [1.165, 1.54) is 5.38 Å². The third-order valence-corrected chi connectivity index (χ3v) is 3.84. The number of carboxylic acids is 2. The monoisotopic (exact) mass is 387 g/mol. The Hall–Kier alpha value is -3.26. The number of carboxylic acid groups (broad SMARTS) is 2. The normalized spacial score (nSPS) is 19.7. The van der Waals surface area contributed by atoms with Crippen molar-refractivity contribution >= 4 is 45.9 Å². The minimum Gasteiger partial charge on any atom is -0.479 e. The molecular weight excluding hydrogens is 374 g/mol. The molecular formula is C12H13N5O8S. The fourth-order valence-corrected chi connectivity index (χ4v) is 2.51. The summed E-state index contributed by atoms with van der Waals surface area (Å²) < 4.78 is 0. The summed E-state index contributed by atoms with van der Waals surface area (Å²) in [5, 5.41) is 25.4. The number of oxime groups is 1. The summed E-state index contributed by atoms with van der Waals surface area (Å²) in [5.41, 5.74) is 2.79. The van der Waals surface area contributed by atoms with Crippen LogP contribution in [0.25, 0.3) is 0 Å². The van der Waals surface area contributed by atoms with Crippen molar-refractivity contribution in [3.8, 4) is 0 Å². The first-order valence-corrected chi connectivity index (χ1v) is 7.64. The number of hydrogen-bond acceptors (Lipinski definition) is 10. The number of nitrogens with one attached hydrogen (secondary N) is 1. The Labute approximate surface area is 148 Å². The van der Waals surface area contributed by atoms with E-state index in [1.807, 2.05) is 5.32 Å². The maximum absolute atomic E-state index is 12.4. The van der Waals surface area contributed by atoms with E-state index in [-0.39, 0.29) is 10.8 Å². The molecule has 0 aliphatic carbocycles. The summed E-state index contributed by atoms with van der Waals surface area (Å²) in [5.74, 6) is -5.20. The number of hydrogen-bond donors (Lipinski definition) is 4. The van der Waals surface area contributed by atoms with Gasteiger partial charge in [0.1, 0.15) is 12.8 Å². The van der Waals surface area contributed by atoms with Gasteiger partial charge in [0, 0.05) is 5.38 Å². The van der Waals surface area contributed by atoms with Gasteiger partial charge in [-0.3, -0.25) is 14.4 Å². The SMILES string of the molecule is CO/N=C(\C(=O)N[C@@]1(C(=O)O)CN(OCC(=O)O)C1=O)c1csc(N)n1. The first-order chi connectivity index (χ1) is 12.2. The molecule has 0 spiro atoms. The van der Waals surface area contributed by atoms with Crippen LogP contribution in [0.4, 0.5) is 5.13 Å². The van der Waals surface area contributed by atoms with Gasteiger partial charge in [0.05, 0.1) is 6.54 Å². The van der Waals surface area contributed by atoms with Crippen LogP contribution in [0.5, 0.6) is 0 Å². The predicted molar refractivity (Wildman–Crippen MR) is 83.9 cm³/mol. The van der Waals surface area contributed by atoms with Crippen LogP contribution in [-0.2, 0) is 28.9 Å². The molecule has 2 rings (SSSR count). The molecule has 2 amide bonds. The average Bonchev–Trinajstić information content (AvgIpc) is 2.99. The topological polar surface area (TPSA) is 194 Å². The summed E-state index contributed by atoms with van der Waals surface area (Å²) >= 11 is 1.01. The fourth-order valence-electron chi connectivity index (χ4n) is 1.96. The first kappa shape index (κ1) is 19.1. The lowest BCUT2D eigenvalue weighted by atomic mass is 9.90. The molecule has 1 aromatic rings. The van der Waals surface area contributed by atoms with Gasteiger partial charge in [-0.25, -0.2) is 19.6 Å².